The van der Waals surface area contributed by atoms with Crippen LogP contribution >= 0.6 is 23.4 Å². The molecule has 1 heterocycles. The number of thioether (sulfide) groups is 1. The number of fused-ring (bicyclic) bond motifs is 1. The monoisotopic (exact) mass is 508 g/mol. The number of carbonyl (C=O) groups is 2. The summed E-state index contributed by atoms with van der Waals surface area (Å²) in [5.74, 6) is 2.62. The summed E-state index contributed by atoms with van der Waals surface area (Å²) in [4.78, 5) is 24.4. The Labute approximate surface area is 211 Å². The maximum atomic E-state index is 11.7. The minimum Gasteiger partial charge on any atom is -0.483 e. The van der Waals surface area contributed by atoms with E-state index in [1.54, 1.807) is 41.9 Å². The summed E-state index contributed by atoms with van der Waals surface area (Å²) in [7, 11) is 3.23. The normalized spacial score (nSPS) is 13.2. The molecule has 0 saturated carbocycles. The Hall–Kier alpha value is -2.58. The minimum atomic E-state index is -0.525. The lowest BCUT2D eigenvalue weighted by Crippen LogP contribution is -2.29. The number of hydrogen-bond donors (Lipinski definition) is 1. The molecular weight excluding hydrogens is 476 g/mol. The number of hydrogen-bond acceptors (Lipinski definition) is 6. The molecule has 2 amide bonds. The predicted octanol–water partition coefficient (Wildman–Crippen LogP) is 6.33. The molecule has 1 N–H and O–H groups in total. The summed E-state index contributed by atoms with van der Waals surface area (Å²) < 4.78 is 16.2. The zero-order chi connectivity index (χ0) is 25.5. The maximum Gasteiger partial charge on any atom is 0.415 e. The Bertz CT molecular complexity index is 1010. The summed E-state index contributed by atoms with van der Waals surface area (Å²) in [6, 6.07) is 11.0. The molecule has 0 saturated heterocycles. The highest BCUT2D eigenvalue weighted by Crippen LogP contribution is 2.45. The second-order valence-electron chi connectivity index (χ2n) is 8.74. The van der Waals surface area contributed by atoms with Gasteiger partial charge in [-0.2, -0.15) is 0 Å². The van der Waals surface area contributed by atoms with Gasteiger partial charge in [0.15, 0.2) is 11.5 Å². The van der Waals surface area contributed by atoms with Gasteiger partial charge in [-0.05, 0) is 55.9 Å². The standard InChI is InChI=1S/C13H19NO2S.C12H14ClNO3/c1-10(2)11-6-5-7-12(8-11)16-13(15)14(3)9-17-4;1-12(2)6-7-8(13)4-5-9(10(7)17-12)16-11(15)14-3/h5-8,10H,9H2,1-4H3;4-5H,6H2,1-3H3,(H,14,15). The van der Waals surface area contributed by atoms with Crippen molar-refractivity contribution in [2.75, 3.05) is 26.2 Å². The van der Waals surface area contributed by atoms with Crippen LogP contribution in [0.15, 0.2) is 36.4 Å². The quantitative estimate of drug-likeness (QED) is 0.475. The Morgan fingerprint density at radius 3 is 2.56 bits per heavy atom. The van der Waals surface area contributed by atoms with Crippen molar-refractivity contribution in [2.24, 2.45) is 0 Å². The average Bonchev–Trinajstić information content (AvgIpc) is 3.12. The van der Waals surface area contributed by atoms with Crippen molar-refractivity contribution in [2.45, 2.75) is 45.6 Å². The zero-order valence-corrected chi connectivity index (χ0v) is 22.3. The number of rotatable bonds is 5. The van der Waals surface area contributed by atoms with Crippen molar-refractivity contribution in [3.8, 4) is 17.2 Å². The van der Waals surface area contributed by atoms with Gasteiger partial charge in [-0.1, -0.05) is 37.6 Å². The Kier molecular flexibility index (Phi) is 9.94. The molecule has 0 aliphatic carbocycles. The smallest absolute Gasteiger partial charge is 0.415 e. The lowest BCUT2D eigenvalue weighted by atomic mass is 10.0. The molecule has 0 spiro atoms. The van der Waals surface area contributed by atoms with E-state index in [2.05, 4.69) is 19.2 Å². The third kappa shape index (κ3) is 7.74. The summed E-state index contributed by atoms with van der Waals surface area (Å²) in [6.07, 6.45) is 1.80. The Balaban J connectivity index is 0.000000240. The highest BCUT2D eigenvalue weighted by atomic mass is 35.5. The average molecular weight is 509 g/mol. The molecular formula is C25H33ClN2O5S. The highest BCUT2D eigenvalue weighted by Gasteiger charge is 2.34. The van der Waals surface area contributed by atoms with E-state index in [9.17, 15) is 9.59 Å². The number of halogens is 1. The third-order valence-corrected chi connectivity index (χ3v) is 5.92. The van der Waals surface area contributed by atoms with Crippen LogP contribution in [0.5, 0.6) is 17.2 Å². The summed E-state index contributed by atoms with van der Waals surface area (Å²) in [5.41, 5.74) is 1.73. The highest BCUT2D eigenvalue weighted by molar-refractivity contribution is 7.98. The molecule has 1 aliphatic rings. The number of benzene rings is 2. The summed E-state index contributed by atoms with van der Waals surface area (Å²) >= 11 is 7.68. The fourth-order valence-corrected chi connectivity index (χ4v) is 3.90. The fourth-order valence-electron chi connectivity index (χ4n) is 3.19. The molecule has 7 nitrogen and oxygen atoms in total. The SMILES string of the molecule is CNC(=O)Oc1ccc(Cl)c2c1OC(C)(C)C2.CSCN(C)C(=O)Oc1cccc(C(C)C)c1. The first kappa shape index (κ1) is 27.7. The predicted molar refractivity (Wildman–Crippen MR) is 138 cm³/mol. The zero-order valence-electron chi connectivity index (χ0n) is 20.7. The van der Waals surface area contributed by atoms with Gasteiger partial charge in [0.05, 0.1) is 5.88 Å². The van der Waals surface area contributed by atoms with Gasteiger partial charge in [0, 0.05) is 31.1 Å². The number of ether oxygens (including phenoxy) is 3. The van der Waals surface area contributed by atoms with Crippen LogP contribution in [-0.2, 0) is 6.42 Å². The van der Waals surface area contributed by atoms with Crippen LogP contribution in [-0.4, -0.2) is 48.9 Å². The first-order chi connectivity index (χ1) is 16.0. The summed E-state index contributed by atoms with van der Waals surface area (Å²) in [5, 5.41) is 3.02. The minimum absolute atomic E-state index is 0.319. The van der Waals surface area contributed by atoms with Crippen LogP contribution in [0, 0.1) is 0 Å². The lowest BCUT2D eigenvalue weighted by Gasteiger charge is -2.17. The van der Waals surface area contributed by atoms with Crippen molar-refractivity contribution in [3.63, 3.8) is 0 Å². The van der Waals surface area contributed by atoms with Crippen molar-refractivity contribution < 1.29 is 23.8 Å². The molecule has 9 heteroatoms. The van der Waals surface area contributed by atoms with Crippen LogP contribution in [0.4, 0.5) is 9.59 Å². The van der Waals surface area contributed by atoms with Gasteiger partial charge in [-0.15, -0.1) is 11.8 Å². The summed E-state index contributed by atoms with van der Waals surface area (Å²) in [6.45, 7) is 8.15. The number of nitrogens with one attached hydrogen (secondary N) is 1. The number of nitrogens with zero attached hydrogens (tertiary/aromatic N) is 1. The topological polar surface area (TPSA) is 77.1 Å². The van der Waals surface area contributed by atoms with Crippen molar-refractivity contribution in [1.29, 1.82) is 0 Å². The van der Waals surface area contributed by atoms with E-state index < -0.39 is 6.09 Å². The van der Waals surface area contributed by atoms with Crippen LogP contribution in [0.1, 0.15) is 44.7 Å². The van der Waals surface area contributed by atoms with Crippen LogP contribution in [0.2, 0.25) is 5.02 Å². The molecule has 186 valence electrons. The molecule has 0 radical (unpaired) electrons. The lowest BCUT2D eigenvalue weighted by molar-refractivity contribution is 0.133. The molecule has 0 fully saturated rings. The van der Waals surface area contributed by atoms with Crippen molar-refractivity contribution >= 4 is 35.5 Å². The van der Waals surface area contributed by atoms with Crippen molar-refractivity contribution in [1.82, 2.24) is 10.2 Å². The molecule has 34 heavy (non-hydrogen) atoms. The van der Waals surface area contributed by atoms with Gasteiger partial charge in [0.2, 0.25) is 0 Å². The molecule has 1 aliphatic heterocycles. The van der Waals surface area contributed by atoms with Gasteiger partial charge in [0.25, 0.3) is 0 Å². The van der Waals surface area contributed by atoms with Gasteiger partial charge in [-0.3, -0.25) is 0 Å². The van der Waals surface area contributed by atoms with E-state index >= 15 is 0 Å². The Morgan fingerprint density at radius 2 is 1.94 bits per heavy atom. The Morgan fingerprint density at radius 1 is 1.24 bits per heavy atom. The maximum absolute atomic E-state index is 11.7. The molecule has 2 aromatic carbocycles. The van der Waals surface area contributed by atoms with E-state index in [-0.39, 0.29) is 11.7 Å². The molecule has 3 rings (SSSR count). The van der Waals surface area contributed by atoms with Crippen LogP contribution in [0.25, 0.3) is 0 Å². The molecule has 0 aromatic heterocycles. The van der Waals surface area contributed by atoms with Crippen LogP contribution < -0.4 is 19.5 Å². The number of amides is 2. The van der Waals surface area contributed by atoms with E-state index in [1.165, 1.54) is 12.6 Å². The van der Waals surface area contributed by atoms with Gasteiger partial charge in [-0.25, -0.2) is 9.59 Å². The van der Waals surface area contributed by atoms with Gasteiger partial charge in [0.1, 0.15) is 11.4 Å². The van der Waals surface area contributed by atoms with E-state index in [1.807, 2.05) is 38.3 Å². The van der Waals surface area contributed by atoms with E-state index in [4.69, 9.17) is 25.8 Å². The first-order valence-electron chi connectivity index (χ1n) is 10.9. The van der Waals surface area contributed by atoms with Crippen LogP contribution in [0.3, 0.4) is 0 Å². The number of carbonyl (C=O) groups excluding carboxylic acids is 2. The molecule has 0 bridgehead atoms. The molecule has 2 aromatic rings. The van der Waals surface area contributed by atoms with Crippen molar-refractivity contribution in [3.05, 3.63) is 52.5 Å². The second kappa shape index (κ2) is 12.2. The second-order valence-corrected chi connectivity index (χ2v) is 9.98. The van der Waals surface area contributed by atoms with Gasteiger partial charge < -0.3 is 24.4 Å². The largest absolute Gasteiger partial charge is 0.483 e. The fraction of sp³-hybridized carbons (Fsp3) is 0.440. The first-order valence-corrected chi connectivity index (χ1v) is 12.7. The molecule has 0 atom stereocenters. The third-order valence-electron chi connectivity index (χ3n) is 4.92. The molecule has 0 unspecified atom stereocenters. The van der Waals surface area contributed by atoms with Gasteiger partial charge >= 0.3 is 12.2 Å². The van der Waals surface area contributed by atoms with E-state index in [0.29, 0.717) is 40.5 Å². The van der Waals surface area contributed by atoms with E-state index in [0.717, 1.165) is 5.56 Å².